The van der Waals surface area contributed by atoms with Gasteiger partial charge in [-0.05, 0) is 0 Å². The van der Waals surface area contributed by atoms with Gasteiger partial charge in [-0.3, -0.25) is 0 Å². The van der Waals surface area contributed by atoms with E-state index in [1.54, 1.807) is 41.5 Å². The zero-order valence-corrected chi connectivity index (χ0v) is 19.7. The van der Waals surface area contributed by atoms with Gasteiger partial charge in [-0.25, -0.2) is 0 Å². The first-order valence-corrected chi connectivity index (χ1v) is 12.1. The van der Waals surface area contributed by atoms with Gasteiger partial charge < -0.3 is 30.6 Å². The summed E-state index contributed by atoms with van der Waals surface area (Å²) in [6.45, 7) is 11.1. The summed E-state index contributed by atoms with van der Waals surface area (Å²) in [4.78, 5) is 0. The maximum absolute atomic E-state index is 8.43. The number of aliphatic hydroxyl groups is 6. The molecule has 0 rings (SSSR count). The van der Waals surface area contributed by atoms with Gasteiger partial charge >= 0.3 is 39.3 Å². The van der Waals surface area contributed by atoms with Gasteiger partial charge in [0, 0.05) is 16.2 Å². The average molecular weight is 531 g/mol. The zero-order valence-electron chi connectivity index (χ0n) is 15.5. The van der Waals surface area contributed by atoms with Crippen molar-refractivity contribution in [3.05, 3.63) is 0 Å². The van der Waals surface area contributed by atoms with Crippen molar-refractivity contribution in [2.24, 2.45) is 16.2 Å². The van der Waals surface area contributed by atoms with Gasteiger partial charge in [0.25, 0.3) is 0 Å². The normalized spacial score (nSPS) is 11.4. The van der Waals surface area contributed by atoms with Crippen molar-refractivity contribution in [1.29, 1.82) is 0 Å². The molecule has 0 saturated heterocycles. The second-order valence-corrected chi connectivity index (χ2v) is 12.5. The Labute approximate surface area is 167 Å². The summed E-state index contributed by atoms with van der Waals surface area (Å²) in [5, 5.41) is 50.6. The van der Waals surface area contributed by atoms with Crippen LogP contribution in [0.2, 0.25) is 0 Å². The van der Waals surface area contributed by atoms with Gasteiger partial charge in [-0.1, -0.05) is 41.5 Å². The van der Waals surface area contributed by atoms with E-state index >= 15 is 0 Å². The predicted molar refractivity (Wildman–Crippen MR) is 102 cm³/mol. The molecule has 0 aromatic heterocycles. The third kappa shape index (κ3) is 31.0. The molecule has 0 fully saturated rings. The third-order valence-electron chi connectivity index (χ3n) is 2.57. The average Bonchev–Trinajstić information content (AvgIpc) is 2.56. The van der Waals surface area contributed by atoms with Crippen LogP contribution < -0.4 is 0 Å². The van der Waals surface area contributed by atoms with Crippen LogP contribution in [0.4, 0.5) is 0 Å². The van der Waals surface area contributed by atoms with Gasteiger partial charge in [-0.15, -0.1) is 0 Å². The quantitative estimate of drug-likeness (QED) is 0.291. The third-order valence-corrected chi connectivity index (χ3v) is 2.57. The molecule has 6 nitrogen and oxygen atoms in total. The fourth-order valence-corrected chi connectivity index (χ4v) is 0.150. The molecular weight excluding hydrogens is 495 g/mol. The Morgan fingerprint density at radius 1 is 0.500 bits per heavy atom. The molecule has 0 atom stereocenters. The van der Waals surface area contributed by atoms with Gasteiger partial charge in [0.1, 0.15) is 0 Å². The summed E-state index contributed by atoms with van der Waals surface area (Å²) in [5.41, 5.74) is -0.917. The van der Waals surface area contributed by atoms with Crippen LogP contribution in [-0.4, -0.2) is 70.3 Å². The van der Waals surface area contributed by atoms with Crippen LogP contribution in [0.15, 0.2) is 0 Å². The maximum atomic E-state index is 8.43. The van der Waals surface area contributed by atoms with Crippen LogP contribution in [0.5, 0.6) is 0 Å². The summed E-state index contributed by atoms with van der Waals surface area (Å²) >= 11 is 6.00. The van der Waals surface area contributed by atoms with E-state index in [-0.39, 0.29) is 55.9 Å². The molecule has 0 aromatic carbocycles. The summed E-state index contributed by atoms with van der Waals surface area (Å²) in [6, 6.07) is 0. The minimum atomic E-state index is -0.306. The molecule has 0 aliphatic carbocycles. The molecule has 0 amide bonds. The fraction of sp³-hybridized carbons (Fsp3) is 1.00. The van der Waals surface area contributed by atoms with E-state index in [9.17, 15) is 0 Å². The van der Waals surface area contributed by atoms with E-state index < -0.39 is 0 Å². The Morgan fingerprint density at radius 2 is 0.583 bits per heavy atom. The standard InChI is InChI=1S/3C5H12O2.2BrH.Ni/c3*1-5(2,3-6)4-7;;;/h3*6-7H,3-4H2,1-2H3;2*1H;/q;;;;;+2/p-2. The van der Waals surface area contributed by atoms with E-state index in [0.29, 0.717) is 0 Å². The first-order chi connectivity index (χ1) is 10.8. The van der Waals surface area contributed by atoms with Crippen LogP contribution in [0.3, 0.4) is 0 Å². The van der Waals surface area contributed by atoms with Crippen LogP contribution in [0.25, 0.3) is 0 Å². The molecule has 0 radical (unpaired) electrons. The molecule has 24 heavy (non-hydrogen) atoms. The number of aliphatic hydroxyl groups excluding tert-OH is 6. The molecule has 0 bridgehead atoms. The van der Waals surface area contributed by atoms with E-state index in [4.69, 9.17) is 30.6 Å². The minimum absolute atomic E-state index is 0.0451. The summed E-state index contributed by atoms with van der Waals surface area (Å²) in [5.74, 6) is 0. The molecule has 0 aliphatic rings. The number of hydrogen-bond donors (Lipinski definition) is 6. The van der Waals surface area contributed by atoms with Gasteiger partial charge in [0.05, 0.1) is 39.6 Å². The number of rotatable bonds is 6. The predicted octanol–water partition coefficient (Wildman–Crippen LogP) is 1.68. The van der Waals surface area contributed by atoms with Crippen LogP contribution in [0.1, 0.15) is 41.5 Å². The first-order valence-electron chi connectivity index (χ1n) is 7.26. The van der Waals surface area contributed by atoms with Crippen molar-refractivity contribution in [1.82, 2.24) is 0 Å². The molecule has 0 spiro atoms. The Balaban J connectivity index is -0.000000115. The van der Waals surface area contributed by atoms with Crippen molar-refractivity contribution in [2.75, 3.05) is 39.6 Å². The fourth-order valence-electron chi connectivity index (χ4n) is 0.150. The second kappa shape index (κ2) is 19.0. The van der Waals surface area contributed by atoms with Gasteiger partial charge in [0.2, 0.25) is 0 Å². The molecule has 6 N–H and O–H groups in total. The molecular formula is C15H36Br2NiO6. The summed E-state index contributed by atoms with van der Waals surface area (Å²) < 4.78 is 0. The number of hydrogen-bond acceptors (Lipinski definition) is 6. The second-order valence-electron chi connectivity index (χ2n) is 7.49. The van der Waals surface area contributed by atoms with E-state index in [2.05, 4.69) is 28.5 Å². The van der Waals surface area contributed by atoms with E-state index in [0.717, 1.165) is 0 Å². The Hall–Kier alpha value is 1.21. The molecule has 0 saturated carbocycles. The van der Waals surface area contributed by atoms with Crippen molar-refractivity contribution >= 4 is 28.5 Å². The van der Waals surface area contributed by atoms with Crippen LogP contribution in [0, 0.1) is 16.2 Å². The Bertz CT molecular complexity index is 198. The first kappa shape index (κ1) is 32.8. The van der Waals surface area contributed by atoms with Gasteiger partial charge in [0.15, 0.2) is 0 Å². The number of halogens is 2. The van der Waals surface area contributed by atoms with Crippen molar-refractivity contribution in [3.63, 3.8) is 0 Å². The summed E-state index contributed by atoms with van der Waals surface area (Å²) in [7, 11) is 1.25. The van der Waals surface area contributed by atoms with Crippen molar-refractivity contribution in [3.8, 4) is 0 Å². The molecule has 0 heterocycles. The SMILES string of the molecule is CC(C)(CO)CO.CC(C)(CO)CO.CC(C)(CO)CO.[Br][Ni][Br]. The van der Waals surface area contributed by atoms with Crippen molar-refractivity contribution < 1.29 is 41.5 Å². The summed E-state index contributed by atoms with van der Waals surface area (Å²) in [6.07, 6.45) is 0. The van der Waals surface area contributed by atoms with Gasteiger partial charge in [-0.2, -0.15) is 0 Å². The molecule has 9 heteroatoms. The Morgan fingerprint density at radius 3 is 0.583 bits per heavy atom. The molecule has 156 valence electrons. The monoisotopic (exact) mass is 528 g/mol. The molecule has 0 aliphatic heterocycles. The van der Waals surface area contributed by atoms with Crippen molar-refractivity contribution in [2.45, 2.75) is 41.5 Å². The zero-order chi connectivity index (χ0) is 20.4. The topological polar surface area (TPSA) is 121 Å². The van der Waals surface area contributed by atoms with Crippen LogP contribution >= 0.6 is 28.5 Å². The van der Waals surface area contributed by atoms with E-state index in [1.165, 1.54) is 10.9 Å². The molecule has 0 unspecified atom stereocenters. The molecule has 0 aromatic rings. The van der Waals surface area contributed by atoms with E-state index in [1.807, 2.05) is 0 Å². The van der Waals surface area contributed by atoms with Crippen LogP contribution in [-0.2, 0) is 10.9 Å². The Kier molecular flexibility index (Phi) is 26.0.